The lowest BCUT2D eigenvalue weighted by atomic mass is 10.1. The Morgan fingerprint density at radius 2 is 1.37 bits per heavy atom. The molecule has 0 radical (unpaired) electrons. The maximum absolute atomic E-state index is 13.1. The van der Waals surface area contributed by atoms with Crippen LogP contribution in [0.5, 0.6) is 0 Å². The van der Waals surface area contributed by atoms with Crippen molar-refractivity contribution in [2.75, 3.05) is 21.5 Å². The van der Waals surface area contributed by atoms with E-state index in [0.717, 1.165) is 39.3 Å². The zero-order chi connectivity index (χ0) is 26.1. The number of hydrazine groups is 1. The van der Waals surface area contributed by atoms with E-state index in [1.807, 2.05) is 54.6 Å². The summed E-state index contributed by atoms with van der Waals surface area (Å²) in [5.41, 5.74) is 10.3. The van der Waals surface area contributed by atoms with E-state index in [4.69, 9.17) is 4.98 Å². The first-order valence-electron chi connectivity index (χ1n) is 11.7. The molecule has 4 aromatic carbocycles. The van der Waals surface area contributed by atoms with Crippen molar-refractivity contribution in [1.29, 1.82) is 0 Å². The Morgan fingerprint density at radius 3 is 2.03 bits per heavy atom. The van der Waals surface area contributed by atoms with Gasteiger partial charge in [0.2, 0.25) is 5.91 Å². The Bertz CT molecular complexity index is 1750. The summed E-state index contributed by atoms with van der Waals surface area (Å²) in [7, 11) is -4.03. The lowest BCUT2D eigenvalue weighted by Gasteiger charge is -2.16. The lowest BCUT2D eigenvalue weighted by molar-refractivity contribution is -0.115. The van der Waals surface area contributed by atoms with Gasteiger partial charge in [-0.15, -0.1) is 4.40 Å². The second-order valence-corrected chi connectivity index (χ2v) is 11.0. The van der Waals surface area contributed by atoms with Crippen LogP contribution in [0.2, 0.25) is 0 Å². The largest absolute Gasteiger partial charge is 0.301 e. The number of carbonyl (C=O) groups excluding carboxylic acids is 1. The molecule has 1 aromatic heterocycles. The fourth-order valence-corrected chi connectivity index (χ4v) is 6.33. The second-order valence-electron chi connectivity index (χ2n) is 8.50. The third kappa shape index (κ3) is 4.55. The Hall–Kier alpha value is -4.41. The predicted molar refractivity (Wildman–Crippen MR) is 154 cm³/mol. The number of hydrogen-bond acceptors (Lipinski definition) is 7. The van der Waals surface area contributed by atoms with Gasteiger partial charge in [-0.1, -0.05) is 66.4 Å². The number of hydrogen-bond donors (Lipinski definition) is 2. The summed E-state index contributed by atoms with van der Waals surface area (Å²) >= 11 is 1.11. The van der Waals surface area contributed by atoms with E-state index >= 15 is 0 Å². The van der Waals surface area contributed by atoms with E-state index in [1.54, 1.807) is 36.4 Å². The van der Waals surface area contributed by atoms with Gasteiger partial charge in [-0.3, -0.25) is 15.1 Å². The number of thioether (sulfide) groups is 1. The summed E-state index contributed by atoms with van der Waals surface area (Å²) < 4.78 is 30.1. The molecule has 10 heteroatoms. The van der Waals surface area contributed by atoms with Crippen LogP contribution >= 0.6 is 11.8 Å². The van der Waals surface area contributed by atoms with Gasteiger partial charge in [-0.2, -0.15) is 8.42 Å². The Balaban J connectivity index is 1.25. The van der Waals surface area contributed by atoms with Gasteiger partial charge in [0.05, 0.1) is 38.7 Å². The first-order chi connectivity index (χ1) is 18.5. The number of anilines is 3. The number of carbonyl (C=O) groups is 1. The minimum Gasteiger partial charge on any atom is -0.301 e. The zero-order valence-electron chi connectivity index (χ0n) is 19.9. The number of para-hydroxylation sites is 3. The van der Waals surface area contributed by atoms with Crippen LogP contribution in [0.3, 0.4) is 0 Å². The molecule has 1 fully saturated rings. The number of amides is 1. The molecule has 2 heterocycles. The van der Waals surface area contributed by atoms with Crippen molar-refractivity contribution in [2.24, 2.45) is 4.40 Å². The average Bonchev–Trinajstić information content (AvgIpc) is 3.30. The van der Waals surface area contributed by atoms with Crippen LogP contribution in [0, 0.1) is 0 Å². The van der Waals surface area contributed by atoms with Crippen molar-refractivity contribution in [3.05, 3.63) is 103 Å². The maximum Gasteiger partial charge on any atom is 0.284 e. The number of fused-ring (bicyclic) bond motifs is 2. The van der Waals surface area contributed by atoms with Gasteiger partial charge in [0, 0.05) is 10.8 Å². The van der Waals surface area contributed by atoms with E-state index in [0.29, 0.717) is 11.4 Å². The first-order valence-corrected chi connectivity index (χ1v) is 14.2. The number of sulfonamides is 1. The fourth-order valence-electron chi connectivity index (χ4n) is 4.24. The van der Waals surface area contributed by atoms with Gasteiger partial charge >= 0.3 is 0 Å². The topological polar surface area (TPSA) is 104 Å². The summed E-state index contributed by atoms with van der Waals surface area (Å²) in [6.07, 6.45) is 0. The SMILES string of the molecule is O=C1CS/C(=N/S(=O)(=O)c2ccc(NNc3c4ccccc4nc4ccccc34)cc2)N1c1ccccc1. The highest BCUT2D eigenvalue weighted by Gasteiger charge is 2.31. The molecular formula is C28H21N5O3S2. The zero-order valence-corrected chi connectivity index (χ0v) is 21.5. The van der Waals surface area contributed by atoms with Crippen LogP contribution in [-0.2, 0) is 14.8 Å². The highest BCUT2D eigenvalue weighted by Crippen LogP contribution is 2.31. The molecule has 0 aliphatic carbocycles. The molecule has 1 aliphatic heterocycles. The monoisotopic (exact) mass is 539 g/mol. The van der Waals surface area contributed by atoms with Gasteiger partial charge < -0.3 is 5.43 Å². The highest BCUT2D eigenvalue weighted by molar-refractivity contribution is 8.16. The standard InChI is InChI=1S/C28H21N5O3S2/c34-26-18-37-28(33(26)20-8-2-1-3-9-20)32-38(35,36)21-16-14-19(15-17-21)30-31-27-22-10-4-6-12-24(22)29-25-13-7-5-11-23(25)27/h1-17,30H,18H2,(H,29,31)/b32-28+. The molecule has 1 saturated heterocycles. The third-order valence-corrected chi connectivity index (χ3v) is 8.37. The molecule has 0 bridgehead atoms. The third-order valence-electron chi connectivity index (χ3n) is 6.05. The molecule has 0 unspecified atom stereocenters. The van der Waals surface area contributed by atoms with Crippen LogP contribution in [-0.4, -0.2) is 30.2 Å². The van der Waals surface area contributed by atoms with Crippen molar-refractivity contribution in [2.45, 2.75) is 4.90 Å². The Kier molecular flexibility index (Phi) is 6.18. The van der Waals surface area contributed by atoms with E-state index in [-0.39, 0.29) is 21.7 Å². The Labute approximate surface area is 223 Å². The molecule has 8 nitrogen and oxygen atoms in total. The molecule has 38 heavy (non-hydrogen) atoms. The molecule has 1 amide bonds. The average molecular weight is 540 g/mol. The van der Waals surface area contributed by atoms with Crippen molar-refractivity contribution in [3.63, 3.8) is 0 Å². The van der Waals surface area contributed by atoms with Crippen LogP contribution in [0.15, 0.2) is 112 Å². The number of aromatic nitrogens is 1. The van der Waals surface area contributed by atoms with Gasteiger partial charge in [0.1, 0.15) is 0 Å². The fraction of sp³-hybridized carbons (Fsp3) is 0.0357. The second kappa shape index (κ2) is 9.81. The van der Waals surface area contributed by atoms with Crippen LogP contribution in [0.1, 0.15) is 0 Å². The summed E-state index contributed by atoms with van der Waals surface area (Å²) in [6.45, 7) is 0. The summed E-state index contributed by atoms with van der Waals surface area (Å²) in [5, 5.41) is 2.06. The van der Waals surface area contributed by atoms with Gasteiger partial charge in [0.25, 0.3) is 10.0 Å². The molecule has 2 N–H and O–H groups in total. The number of nitrogens with one attached hydrogen (secondary N) is 2. The van der Waals surface area contributed by atoms with E-state index < -0.39 is 10.0 Å². The van der Waals surface area contributed by atoms with Gasteiger partial charge in [-0.05, 0) is 48.5 Å². The number of nitrogens with zero attached hydrogens (tertiary/aromatic N) is 3. The molecule has 6 rings (SSSR count). The minimum atomic E-state index is -4.03. The van der Waals surface area contributed by atoms with Crippen LogP contribution in [0.25, 0.3) is 21.8 Å². The van der Waals surface area contributed by atoms with Crippen LogP contribution in [0.4, 0.5) is 17.1 Å². The summed E-state index contributed by atoms with van der Waals surface area (Å²) in [5.74, 6) is -0.0761. The number of pyridine rings is 1. The van der Waals surface area contributed by atoms with Crippen molar-refractivity contribution >= 4 is 71.7 Å². The maximum atomic E-state index is 13.1. The molecule has 188 valence electrons. The van der Waals surface area contributed by atoms with Crippen molar-refractivity contribution in [1.82, 2.24) is 4.98 Å². The van der Waals surface area contributed by atoms with Crippen molar-refractivity contribution < 1.29 is 13.2 Å². The quantitative estimate of drug-likeness (QED) is 0.212. The summed E-state index contributed by atoms with van der Waals surface area (Å²) in [4.78, 5) is 18.5. The molecule has 0 saturated carbocycles. The number of benzene rings is 4. The highest BCUT2D eigenvalue weighted by atomic mass is 32.2. The van der Waals surface area contributed by atoms with E-state index in [2.05, 4.69) is 15.2 Å². The predicted octanol–water partition coefficient (Wildman–Crippen LogP) is 5.65. The molecule has 5 aromatic rings. The summed E-state index contributed by atoms with van der Waals surface area (Å²) in [6, 6.07) is 30.9. The smallest absolute Gasteiger partial charge is 0.284 e. The molecular weight excluding hydrogens is 518 g/mol. The normalized spacial score (nSPS) is 14.9. The number of rotatable bonds is 6. The Morgan fingerprint density at radius 1 is 0.763 bits per heavy atom. The van der Waals surface area contributed by atoms with Crippen molar-refractivity contribution in [3.8, 4) is 0 Å². The van der Waals surface area contributed by atoms with Crippen LogP contribution < -0.4 is 15.8 Å². The molecule has 0 atom stereocenters. The first kappa shape index (κ1) is 24.0. The van der Waals surface area contributed by atoms with Gasteiger partial charge in [0.15, 0.2) is 5.17 Å². The van der Waals surface area contributed by atoms with E-state index in [1.165, 1.54) is 17.0 Å². The molecule has 0 spiro atoms. The number of amidine groups is 1. The van der Waals surface area contributed by atoms with Gasteiger partial charge in [-0.25, -0.2) is 4.98 Å². The van der Waals surface area contributed by atoms with E-state index in [9.17, 15) is 13.2 Å². The minimum absolute atomic E-state index is 0.0309. The lowest BCUT2D eigenvalue weighted by Crippen LogP contribution is -2.29. The molecule has 1 aliphatic rings.